The van der Waals surface area contributed by atoms with Crippen molar-refractivity contribution in [2.75, 3.05) is 13.2 Å². The number of ether oxygens (including phenoxy) is 3. The zero-order valence-electron chi connectivity index (χ0n) is 51.5. The molecule has 0 saturated carbocycles. The fourth-order valence-corrected chi connectivity index (χ4v) is 7.85. The Morgan fingerprint density at radius 1 is 0.259 bits per heavy atom. The van der Waals surface area contributed by atoms with Crippen LogP contribution in [0.4, 0.5) is 0 Å². The zero-order chi connectivity index (χ0) is 58.5. The lowest BCUT2D eigenvalue weighted by Gasteiger charge is -2.18. The first-order valence-corrected chi connectivity index (χ1v) is 31.9. The smallest absolute Gasteiger partial charge is 0.306 e. The highest BCUT2D eigenvalue weighted by Gasteiger charge is 2.19. The predicted molar refractivity (Wildman–Crippen MR) is 352 cm³/mol. The van der Waals surface area contributed by atoms with Gasteiger partial charge in [-0.2, -0.15) is 0 Å². The number of rotatable bonds is 55. The molecule has 0 heterocycles. The molecule has 0 aromatic rings. The molecule has 1 unspecified atom stereocenters. The molecular formula is C75H114O6. The topological polar surface area (TPSA) is 78.9 Å². The molecule has 0 aromatic heterocycles. The van der Waals surface area contributed by atoms with Crippen molar-refractivity contribution in [3.63, 3.8) is 0 Å². The van der Waals surface area contributed by atoms with Gasteiger partial charge in [-0.3, -0.25) is 14.4 Å². The van der Waals surface area contributed by atoms with Gasteiger partial charge in [0.05, 0.1) is 0 Å². The molecule has 1 atom stereocenters. The third kappa shape index (κ3) is 64.9. The van der Waals surface area contributed by atoms with Crippen molar-refractivity contribution in [1.82, 2.24) is 0 Å². The van der Waals surface area contributed by atoms with Gasteiger partial charge in [0.1, 0.15) is 13.2 Å². The first-order valence-electron chi connectivity index (χ1n) is 31.9. The first-order chi connectivity index (χ1) is 40.0. The van der Waals surface area contributed by atoms with Gasteiger partial charge in [-0.25, -0.2) is 0 Å². The van der Waals surface area contributed by atoms with Crippen LogP contribution >= 0.6 is 0 Å². The minimum absolute atomic E-state index is 0.129. The van der Waals surface area contributed by atoms with Gasteiger partial charge in [0.2, 0.25) is 0 Å². The van der Waals surface area contributed by atoms with E-state index in [4.69, 9.17) is 14.2 Å². The van der Waals surface area contributed by atoms with Crippen LogP contribution in [0.25, 0.3) is 0 Å². The van der Waals surface area contributed by atoms with E-state index in [1.807, 2.05) is 0 Å². The Labute approximate surface area is 497 Å². The molecule has 0 amide bonds. The molecule has 0 saturated heterocycles. The van der Waals surface area contributed by atoms with Crippen LogP contribution in [0.2, 0.25) is 0 Å². The number of hydrogen-bond donors (Lipinski definition) is 0. The molecule has 0 spiro atoms. The van der Waals surface area contributed by atoms with Gasteiger partial charge in [0, 0.05) is 19.3 Å². The van der Waals surface area contributed by atoms with Crippen molar-refractivity contribution >= 4 is 17.9 Å². The lowest BCUT2D eigenvalue weighted by molar-refractivity contribution is -0.167. The largest absolute Gasteiger partial charge is 0.462 e. The highest BCUT2D eigenvalue weighted by atomic mass is 16.6. The number of allylic oxidation sites excluding steroid dienone is 32. The van der Waals surface area contributed by atoms with Crippen LogP contribution in [-0.2, 0) is 28.6 Å². The van der Waals surface area contributed by atoms with Crippen molar-refractivity contribution in [2.24, 2.45) is 0 Å². The summed E-state index contributed by atoms with van der Waals surface area (Å²) < 4.78 is 16.8. The summed E-state index contributed by atoms with van der Waals surface area (Å²) in [4.78, 5) is 38.3. The third-order valence-electron chi connectivity index (χ3n) is 12.6. The first kappa shape index (κ1) is 75.2. The highest BCUT2D eigenvalue weighted by molar-refractivity contribution is 5.71. The molecule has 0 bridgehead atoms. The van der Waals surface area contributed by atoms with Crippen molar-refractivity contribution in [3.8, 4) is 0 Å². The van der Waals surface area contributed by atoms with Gasteiger partial charge in [0.25, 0.3) is 0 Å². The van der Waals surface area contributed by atoms with Gasteiger partial charge in [-0.15, -0.1) is 0 Å². The maximum absolute atomic E-state index is 12.9. The van der Waals surface area contributed by atoms with E-state index in [1.165, 1.54) is 25.7 Å². The van der Waals surface area contributed by atoms with E-state index in [1.54, 1.807) is 0 Å². The molecule has 81 heavy (non-hydrogen) atoms. The van der Waals surface area contributed by atoms with Crippen LogP contribution in [0.1, 0.15) is 239 Å². The number of carbonyl (C=O) groups excluding carboxylic acids is 3. The SMILES string of the molecule is CC/C=C\C/C=C\C/C=C\C/C=C\C/C=C\C/C=C\C/C=C\C/C=C\C/C=C\CCCCCC(=O)OCC(COC(=O)CCCCCCC/C=C\C/C=C\CCCCC)OC(=O)CCC/C=C\C/C=C\C/C=C\C/C=C\C/C=C\CC. The lowest BCUT2D eigenvalue weighted by atomic mass is 10.1. The Hall–Kier alpha value is -5.75. The second-order valence-corrected chi connectivity index (χ2v) is 20.2. The van der Waals surface area contributed by atoms with Crippen molar-refractivity contribution in [1.29, 1.82) is 0 Å². The standard InChI is InChI=1S/C75H114O6/c1-4-7-10-13-16-19-22-25-28-30-31-32-33-34-35-36-37-38-39-40-41-42-43-45-47-50-53-56-59-62-65-68-74(77)80-71-72(70-79-73(76)67-64-61-58-55-52-49-46-27-24-21-18-15-12-9-6-3)81-75(78)69-66-63-60-57-54-51-48-44-29-26-23-20-17-14-11-8-5-2/h7-8,10-11,16-21,25-29,31-32,34-35,37-38,40-41,43,45-46,48,50-51,53,57,60,72H,4-6,9,12-15,22-24,30,33,36,39,42,44,47,49,52,54-56,58-59,61-71H2,1-3H3/b10-7-,11-8-,19-16-,20-17-,21-18-,28-25-,29-26-,32-31-,35-34-,38-37-,41-40-,45-43-,46-27-,51-48-,53-50-,60-57-. The van der Waals surface area contributed by atoms with Crippen LogP contribution < -0.4 is 0 Å². The van der Waals surface area contributed by atoms with Crippen molar-refractivity contribution in [2.45, 2.75) is 245 Å². The molecule has 0 aliphatic heterocycles. The van der Waals surface area contributed by atoms with Crippen LogP contribution in [0.15, 0.2) is 194 Å². The van der Waals surface area contributed by atoms with Crippen LogP contribution in [-0.4, -0.2) is 37.2 Å². The Morgan fingerprint density at radius 3 is 0.802 bits per heavy atom. The predicted octanol–water partition coefficient (Wildman–Crippen LogP) is 22.2. The average molecular weight is 1110 g/mol. The number of unbranched alkanes of at least 4 members (excludes halogenated alkanes) is 12. The summed E-state index contributed by atoms with van der Waals surface area (Å²) in [6.45, 7) is 6.28. The zero-order valence-corrected chi connectivity index (χ0v) is 51.5. The number of carbonyl (C=O) groups is 3. The fraction of sp³-hybridized carbons (Fsp3) is 0.533. The third-order valence-corrected chi connectivity index (χ3v) is 12.6. The lowest BCUT2D eigenvalue weighted by Crippen LogP contribution is -2.30. The van der Waals surface area contributed by atoms with Crippen LogP contribution in [0.5, 0.6) is 0 Å². The van der Waals surface area contributed by atoms with E-state index in [0.29, 0.717) is 19.3 Å². The van der Waals surface area contributed by atoms with Crippen LogP contribution in [0, 0.1) is 0 Å². The van der Waals surface area contributed by atoms with Gasteiger partial charge >= 0.3 is 17.9 Å². The summed E-state index contributed by atoms with van der Waals surface area (Å²) in [5.41, 5.74) is 0. The van der Waals surface area contributed by atoms with E-state index in [9.17, 15) is 14.4 Å². The molecule has 6 nitrogen and oxygen atoms in total. The number of esters is 3. The van der Waals surface area contributed by atoms with Gasteiger partial charge in [-0.1, -0.05) is 254 Å². The second kappa shape index (κ2) is 66.8. The summed E-state index contributed by atoms with van der Waals surface area (Å²) in [7, 11) is 0. The summed E-state index contributed by atoms with van der Waals surface area (Å²) in [5.74, 6) is -1.05. The molecular weight excluding hydrogens is 997 g/mol. The maximum Gasteiger partial charge on any atom is 0.306 e. The number of hydrogen-bond acceptors (Lipinski definition) is 6. The summed E-state index contributed by atoms with van der Waals surface area (Å²) >= 11 is 0. The van der Waals surface area contributed by atoms with Crippen molar-refractivity contribution < 1.29 is 28.6 Å². The van der Waals surface area contributed by atoms with Gasteiger partial charge in [-0.05, 0) is 161 Å². The Morgan fingerprint density at radius 2 is 0.494 bits per heavy atom. The van der Waals surface area contributed by atoms with E-state index >= 15 is 0 Å². The van der Waals surface area contributed by atoms with E-state index in [2.05, 4.69) is 215 Å². The molecule has 0 N–H and O–H groups in total. The normalized spacial score (nSPS) is 13.5. The highest BCUT2D eigenvalue weighted by Crippen LogP contribution is 2.12. The summed E-state index contributed by atoms with van der Waals surface area (Å²) in [6, 6.07) is 0. The molecule has 0 aromatic carbocycles. The molecule has 450 valence electrons. The molecule has 0 radical (unpaired) electrons. The van der Waals surface area contributed by atoms with Gasteiger partial charge in [0.15, 0.2) is 6.10 Å². The fourth-order valence-electron chi connectivity index (χ4n) is 7.85. The minimum Gasteiger partial charge on any atom is -0.462 e. The second-order valence-electron chi connectivity index (χ2n) is 20.2. The quantitative estimate of drug-likeness (QED) is 0.0261. The Bertz CT molecular complexity index is 1950. The molecule has 0 rings (SSSR count). The summed E-state index contributed by atoms with van der Waals surface area (Å²) in [6.07, 6.45) is 102. The van der Waals surface area contributed by atoms with Crippen LogP contribution in [0.3, 0.4) is 0 Å². The monoisotopic (exact) mass is 1110 g/mol. The van der Waals surface area contributed by atoms with E-state index < -0.39 is 6.10 Å². The minimum atomic E-state index is -0.841. The molecule has 0 aliphatic rings. The Kier molecular flexibility index (Phi) is 62.0. The average Bonchev–Trinajstić information content (AvgIpc) is 3.47. The van der Waals surface area contributed by atoms with E-state index in [-0.39, 0.29) is 37.5 Å². The summed E-state index contributed by atoms with van der Waals surface area (Å²) in [5, 5.41) is 0. The maximum atomic E-state index is 12.9. The Balaban J connectivity index is 4.51. The molecule has 0 fully saturated rings. The van der Waals surface area contributed by atoms with Gasteiger partial charge < -0.3 is 14.2 Å². The van der Waals surface area contributed by atoms with Crippen molar-refractivity contribution in [3.05, 3.63) is 194 Å². The van der Waals surface area contributed by atoms with E-state index in [0.717, 1.165) is 167 Å². The molecule has 0 aliphatic carbocycles. The molecule has 6 heteroatoms.